The number of hydrogen-bond acceptors (Lipinski definition) is 1. The predicted octanol–water partition coefficient (Wildman–Crippen LogP) is 5.12. The zero-order chi connectivity index (χ0) is 13.1. The topological polar surface area (TPSA) is 17.3 Å². The van der Waals surface area contributed by atoms with E-state index in [1.165, 1.54) is 31.2 Å². The molecule has 0 atom stereocenters. The minimum absolute atomic E-state index is 0.700. The molecule has 1 aromatic carbocycles. The molecule has 1 fully saturated rings. The lowest BCUT2D eigenvalue weighted by atomic mass is 10.2. The first-order chi connectivity index (χ1) is 9.33. The molecule has 0 amide bonds. The minimum Gasteiger partial charge on any atom is -0.351 e. The Bertz CT molecular complexity index is 580. The van der Waals surface area contributed by atoms with Gasteiger partial charge in [-0.1, -0.05) is 25.0 Å². The molecule has 3 rings (SSSR count). The van der Waals surface area contributed by atoms with E-state index >= 15 is 0 Å². The highest BCUT2D eigenvalue weighted by Crippen LogP contribution is 2.29. The Morgan fingerprint density at radius 1 is 1.16 bits per heavy atom. The van der Waals surface area contributed by atoms with Crippen molar-refractivity contribution in [3.63, 3.8) is 0 Å². The van der Waals surface area contributed by atoms with Crippen LogP contribution in [0.15, 0.2) is 52.2 Å². The molecule has 0 spiro atoms. The second-order valence-corrected chi connectivity index (χ2v) is 5.89. The first kappa shape index (κ1) is 12.7. The Morgan fingerprint density at radius 2 is 1.95 bits per heavy atom. The zero-order valence-electron chi connectivity index (χ0n) is 10.8. The first-order valence-electron chi connectivity index (χ1n) is 6.79. The van der Waals surface area contributed by atoms with Crippen LogP contribution in [0.4, 0.5) is 5.69 Å². The van der Waals surface area contributed by atoms with Crippen LogP contribution in [0.5, 0.6) is 0 Å². The largest absolute Gasteiger partial charge is 0.351 e. The fraction of sp³-hybridized carbons (Fsp3) is 0.312. The number of nitrogens with zero attached hydrogens (tertiary/aromatic N) is 2. The Balaban J connectivity index is 1.75. The second kappa shape index (κ2) is 5.74. The summed E-state index contributed by atoms with van der Waals surface area (Å²) in [5, 5.41) is 0. The maximum atomic E-state index is 4.53. The summed E-state index contributed by atoms with van der Waals surface area (Å²) in [6, 6.07) is 10.9. The molecule has 1 aromatic heterocycles. The molecule has 98 valence electrons. The van der Waals surface area contributed by atoms with Gasteiger partial charge in [-0.2, -0.15) is 0 Å². The maximum absolute atomic E-state index is 4.53. The van der Waals surface area contributed by atoms with E-state index in [9.17, 15) is 0 Å². The molecule has 1 saturated carbocycles. The van der Waals surface area contributed by atoms with Crippen LogP contribution in [-0.4, -0.2) is 10.8 Å². The van der Waals surface area contributed by atoms with E-state index in [0.717, 1.165) is 10.2 Å². The Labute approximate surface area is 122 Å². The number of halogens is 1. The van der Waals surface area contributed by atoms with E-state index in [1.54, 1.807) is 0 Å². The molecule has 2 nitrogen and oxygen atoms in total. The summed E-state index contributed by atoms with van der Waals surface area (Å²) >= 11 is 3.51. The Kier molecular flexibility index (Phi) is 3.83. The molecule has 0 unspecified atom stereocenters. The van der Waals surface area contributed by atoms with Crippen molar-refractivity contribution in [1.29, 1.82) is 0 Å². The Morgan fingerprint density at radius 3 is 2.74 bits per heavy atom. The molecule has 0 N–H and O–H groups in total. The molecular formula is C16H17BrN2. The molecule has 1 heterocycles. The van der Waals surface area contributed by atoms with Crippen LogP contribution in [-0.2, 0) is 0 Å². The monoisotopic (exact) mass is 316 g/mol. The fourth-order valence-electron chi connectivity index (χ4n) is 2.64. The highest BCUT2D eigenvalue weighted by atomic mass is 79.9. The molecule has 2 aromatic rings. The quantitative estimate of drug-likeness (QED) is 0.700. The van der Waals surface area contributed by atoms with Gasteiger partial charge >= 0.3 is 0 Å². The van der Waals surface area contributed by atoms with Crippen molar-refractivity contribution in [3.05, 3.63) is 52.8 Å². The first-order valence-corrected chi connectivity index (χ1v) is 7.58. The van der Waals surface area contributed by atoms with Gasteiger partial charge in [0.2, 0.25) is 0 Å². The van der Waals surface area contributed by atoms with E-state index in [-0.39, 0.29) is 0 Å². The van der Waals surface area contributed by atoms with Crippen molar-refractivity contribution < 1.29 is 0 Å². The molecule has 1 aliphatic carbocycles. The number of hydrogen-bond donors (Lipinski definition) is 0. The fourth-order valence-corrected chi connectivity index (χ4v) is 3.02. The molecule has 0 bridgehead atoms. The van der Waals surface area contributed by atoms with Gasteiger partial charge in [-0.25, -0.2) is 0 Å². The third-order valence-electron chi connectivity index (χ3n) is 3.69. The summed E-state index contributed by atoms with van der Waals surface area (Å²) in [7, 11) is 0. The van der Waals surface area contributed by atoms with Gasteiger partial charge in [0.15, 0.2) is 0 Å². The van der Waals surface area contributed by atoms with Crippen LogP contribution in [0.25, 0.3) is 0 Å². The third kappa shape index (κ3) is 2.98. The number of aliphatic imine (C=N–C) groups is 1. The van der Waals surface area contributed by atoms with E-state index < -0.39 is 0 Å². The van der Waals surface area contributed by atoms with Crippen LogP contribution < -0.4 is 0 Å². The highest BCUT2D eigenvalue weighted by molar-refractivity contribution is 9.10. The summed E-state index contributed by atoms with van der Waals surface area (Å²) in [5.74, 6) is 0. The van der Waals surface area contributed by atoms with Gasteiger partial charge in [0.05, 0.1) is 5.69 Å². The lowest BCUT2D eigenvalue weighted by molar-refractivity contribution is 0.521. The molecule has 1 aliphatic rings. The predicted molar refractivity (Wildman–Crippen MR) is 83.3 cm³/mol. The number of aromatic nitrogens is 1. The van der Waals surface area contributed by atoms with Gasteiger partial charge in [-0.15, -0.1) is 0 Å². The van der Waals surface area contributed by atoms with Gasteiger partial charge in [-0.3, -0.25) is 4.99 Å². The van der Waals surface area contributed by atoms with Gasteiger partial charge in [0, 0.05) is 34.7 Å². The van der Waals surface area contributed by atoms with Crippen molar-refractivity contribution in [2.45, 2.75) is 31.7 Å². The average Bonchev–Trinajstić information content (AvgIpc) is 3.09. The summed E-state index contributed by atoms with van der Waals surface area (Å²) in [4.78, 5) is 4.53. The molecule has 19 heavy (non-hydrogen) atoms. The summed E-state index contributed by atoms with van der Waals surface area (Å²) in [5.41, 5.74) is 2.14. The third-order valence-corrected chi connectivity index (χ3v) is 4.36. The van der Waals surface area contributed by atoms with Crippen molar-refractivity contribution >= 4 is 27.8 Å². The molecule has 0 saturated heterocycles. The normalized spacial score (nSPS) is 16.5. The van der Waals surface area contributed by atoms with E-state index in [2.05, 4.69) is 43.9 Å². The van der Waals surface area contributed by atoms with Crippen LogP contribution in [0, 0.1) is 0 Å². The van der Waals surface area contributed by atoms with Crippen molar-refractivity contribution in [2.24, 2.45) is 4.99 Å². The average molecular weight is 317 g/mol. The van der Waals surface area contributed by atoms with Crippen LogP contribution in [0.3, 0.4) is 0 Å². The van der Waals surface area contributed by atoms with E-state index in [1.807, 2.05) is 30.5 Å². The molecule has 0 aliphatic heterocycles. The minimum atomic E-state index is 0.700. The van der Waals surface area contributed by atoms with Gasteiger partial charge in [0.1, 0.15) is 0 Å². The van der Waals surface area contributed by atoms with Gasteiger partial charge in [0.25, 0.3) is 0 Å². The van der Waals surface area contributed by atoms with Crippen molar-refractivity contribution in [1.82, 2.24) is 4.57 Å². The van der Waals surface area contributed by atoms with Gasteiger partial charge < -0.3 is 4.57 Å². The van der Waals surface area contributed by atoms with E-state index in [0.29, 0.717) is 6.04 Å². The number of benzene rings is 1. The molecule has 0 radical (unpaired) electrons. The second-order valence-electron chi connectivity index (χ2n) is 5.04. The Hall–Kier alpha value is -1.35. The summed E-state index contributed by atoms with van der Waals surface area (Å²) < 4.78 is 3.37. The summed E-state index contributed by atoms with van der Waals surface area (Å²) in [6.07, 6.45) is 11.7. The highest BCUT2D eigenvalue weighted by Gasteiger charge is 2.15. The van der Waals surface area contributed by atoms with Crippen molar-refractivity contribution in [3.8, 4) is 0 Å². The standard InChI is InChI=1S/C16H17BrN2/c17-15-7-3-4-8-16(15)18-11-13-9-10-19(12-13)14-5-1-2-6-14/h3-4,7-12,14H,1-2,5-6H2. The van der Waals surface area contributed by atoms with Crippen LogP contribution >= 0.6 is 15.9 Å². The lowest BCUT2D eigenvalue weighted by Gasteiger charge is -2.10. The zero-order valence-corrected chi connectivity index (χ0v) is 12.4. The molecule has 3 heteroatoms. The number of rotatable bonds is 3. The summed E-state index contributed by atoms with van der Waals surface area (Å²) in [6.45, 7) is 0. The van der Waals surface area contributed by atoms with Crippen LogP contribution in [0.1, 0.15) is 37.3 Å². The maximum Gasteiger partial charge on any atom is 0.0771 e. The van der Waals surface area contributed by atoms with Gasteiger partial charge in [-0.05, 0) is 47.0 Å². The van der Waals surface area contributed by atoms with Crippen LogP contribution in [0.2, 0.25) is 0 Å². The van der Waals surface area contributed by atoms with E-state index in [4.69, 9.17) is 0 Å². The molecular weight excluding hydrogens is 300 g/mol. The lowest BCUT2D eigenvalue weighted by Crippen LogP contribution is -2.00. The number of para-hydroxylation sites is 1. The SMILES string of the molecule is Brc1ccccc1N=Cc1ccn(C2CCCC2)c1. The smallest absolute Gasteiger partial charge is 0.0771 e. The van der Waals surface area contributed by atoms with Crippen molar-refractivity contribution in [2.75, 3.05) is 0 Å².